The topological polar surface area (TPSA) is 75.9 Å². The van der Waals surface area contributed by atoms with Gasteiger partial charge in [-0.2, -0.15) is 0 Å². The number of thiazole rings is 1. The minimum atomic E-state index is -0.109. The number of hydrogen-bond acceptors (Lipinski definition) is 6. The molecule has 0 spiro atoms. The summed E-state index contributed by atoms with van der Waals surface area (Å²) in [7, 11) is 1.79. The predicted octanol–water partition coefficient (Wildman–Crippen LogP) is 3.24. The SMILES string of the molecule is Cc1c(C(=O)N(C)Cc2nc3ccccc3s2)nnn1C1CCNCC1.Cl.Cl. The minimum Gasteiger partial charge on any atom is -0.333 e. The Bertz CT molecular complexity index is 904. The summed E-state index contributed by atoms with van der Waals surface area (Å²) < 4.78 is 3.05. The molecule has 0 saturated carbocycles. The lowest BCUT2D eigenvalue weighted by molar-refractivity contribution is 0.0778. The number of amides is 1. The van der Waals surface area contributed by atoms with E-state index in [4.69, 9.17) is 0 Å². The molecule has 1 saturated heterocycles. The molecule has 28 heavy (non-hydrogen) atoms. The number of piperidine rings is 1. The number of rotatable bonds is 4. The van der Waals surface area contributed by atoms with E-state index in [0.29, 0.717) is 18.3 Å². The molecule has 152 valence electrons. The van der Waals surface area contributed by atoms with Crippen molar-refractivity contribution < 1.29 is 4.79 Å². The highest BCUT2D eigenvalue weighted by molar-refractivity contribution is 7.18. The van der Waals surface area contributed by atoms with Crippen LogP contribution in [0.3, 0.4) is 0 Å². The first-order valence-electron chi connectivity index (χ1n) is 8.86. The van der Waals surface area contributed by atoms with E-state index in [9.17, 15) is 4.79 Å². The molecule has 0 radical (unpaired) electrons. The van der Waals surface area contributed by atoms with E-state index in [0.717, 1.165) is 46.8 Å². The van der Waals surface area contributed by atoms with Gasteiger partial charge in [0.1, 0.15) is 5.01 Å². The van der Waals surface area contributed by atoms with Crippen molar-refractivity contribution in [3.05, 3.63) is 40.7 Å². The fraction of sp³-hybridized carbons (Fsp3) is 0.444. The molecule has 1 fully saturated rings. The zero-order chi connectivity index (χ0) is 18.1. The first-order valence-corrected chi connectivity index (χ1v) is 9.67. The maximum absolute atomic E-state index is 12.9. The van der Waals surface area contributed by atoms with E-state index in [-0.39, 0.29) is 30.7 Å². The summed E-state index contributed by atoms with van der Waals surface area (Å²) in [6, 6.07) is 8.34. The third-order valence-electron chi connectivity index (χ3n) is 4.84. The maximum atomic E-state index is 12.9. The van der Waals surface area contributed by atoms with Crippen LogP contribution in [0.25, 0.3) is 10.2 Å². The number of halogens is 2. The van der Waals surface area contributed by atoms with E-state index >= 15 is 0 Å². The summed E-state index contributed by atoms with van der Waals surface area (Å²) in [5, 5.41) is 12.7. The molecule has 3 heterocycles. The zero-order valence-electron chi connectivity index (χ0n) is 15.8. The summed E-state index contributed by atoms with van der Waals surface area (Å²) in [6.07, 6.45) is 2.03. The number of nitrogens with one attached hydrogen (secondary N) is 1. The molecule has 1 aliphatic heterocycles. The van der Waals surface area contributed by atoms with E-state index in [2.05, 4.69) is 20.6 Å². The standard InChI is InChI=1S/C18H22N6OS.2ClH/c1-12-17(21-22-24(12)13-7-9-19-10-8-13)18(25)23(2)11-16-20-14-5-3-4-6-15(14)26-16;;/h3-6,13,19H,7-11H2,1-2H3;2*1H. The monoisotopic (exact) mass is 442 g/mol. The maximum Gasteiger partial charge on any atom is 0.276 e. The first kappa shape index (κ1) is 22.5. The van der Waals surface area contributed by atoms with Crippen LogP contribution < -0.4 is 5.32 Å². The van der Waals surface area contributed by atoms with E-state index in [1.54, 1.807) is 23.3 Å². The molecule has 2 aromatic heterocycles. The molecule has 1 amide bonds. The number of aromatic nitrogens is 4. The lowest BCUT2D eigenvalue weighted by atomic mass is 10.1. The highest BCUT2D eigenvalue weighted by atomic mass is 35.5. The zero-order valence-corrected chi connectivity index (χ0v) is 18.2. The van der Waals surface area contributed by atoms with Crippen LogP contribution in [0.5, 0.6) is 0 Å². The van der Waals surface area contributed by atoms with Gasteiger partial charge in [0.25, 0.3) is 5.91 Å². The van der Waals surface area contributed by atoms with Gasteiger partial charge in [0.15, 0.2) is 5.69 Å². The second kappa shape index (κ2) is 9.65. The van der Waals surface area contributed by atoms with Crippen molar-refractivity contribution in [2.75, 3.05) is 20.1 Å². The van der Waals surface area contributed by atoms with E-state index in [1.165, 1.54) is 0 Å². The van der Waals surface area contributed by atoms with Crippen LogP contribution in [0.4, 0.5) is 0 Å². The van der Waals surface area contributed by atoms with Gasteiger partial charge in [-0.15, -0.1) is 41.2 Å². The summed E-state index contributed by atoms with van der Waals surface area (Å²) in [5.41, 5.74) is 2.26. The van der Waals surface area contributed by atoms with Crippen LogP contribution in [0.2, 0.25) is 0 Å². The summed E-state index contributed by atoms with van der Waals surface area (Å²) >= 11 is 1.62. The molecule has 1 N–H and O–H groups in total. The van der Waals surface area contributed by atoms with Crippen LogP contribution in [0, 0.1) is 6.92 Å². The molecule has 0 atom stereocenters. The van der Waals surface area contributed by atoms with Gasteiger partial charge in [-0.3, -0.25) is 4.79 Å². The van der Waals surface area contributed by atoms with Crippen molar-refractivity contribution in [3.8, 4) is 0 Å². The van der Waals surface area contributed by atoms with Gasteiger partial charge >= 0.3 is 0 Å². The highest BCUT2D eigenvalue weighted by Gasteiger charge is 2.25. The molecular weight excluding hydrogens is 419 g/mol. The number of fused-ring (bicyclic) bond motifs is 1. The number of carbonyl (C=O) groups is 1. The predicted molar refractivity (Wildman–Crippen MR) is 116 cm³/mol. The molecule has 0 aliphatic carbocycles. The summed E-state index contributed by atoms with van der Waals surface area (Å²) in [4.78, 5) is 19.1. The van der Waals surface area contributed by atoms with Crippen LogP contribution in [-0.4, -0.2) is 50.9 Å². The number of para-hydroxylation sites is 1. The molecule has 0 bridgehead atoms. The molecule has 3 aromatic rings. The molecule has 1 aliphatic rings. The van der Waals surface area contributed by atoms with E-state index in [1.807, 2.05) is 35.9 Å². The van der Waals surface area contributed by atoms with Crippen molar-refractivity contribution >= 4 is 52.3 Å². The Morgan fingerprint density at radius 1 is 1.29 bits per heavy atom. The molecular formula is C18H24Cl2N6OS. The lowest BCUT2D eigenvalue weighted by Crippen LogP contribution is -2.30. The van der Waals surface area contributed by atoms with Crippen LogP contribution >= 0.6 is 36.2 Å². The molecule has 1 aromatic carbocycles. The first-order chi connectivity index (χ1) is 12.6. The highest BCUT2D eigenvalue weighted by Crippen LogP contribution is 2.24. The normalized spacial score (nSPS) is 14.4. The number of nitrogens with zero attached hydrogens (tertiary/aromatic N) is 5. The second-order valence-corrected chi connectivity index (χ2v) is 7.80. The molecule has 4 rings (SSSR count). The van der Waals surface area contributed by atoms with Crippen LogP contribution in [0.1, 0.15) is 40.1 Å². The van der Waals surface area contributed by atoms with Gasteiger partial charge in [-0.05, 0) is 45.0 Å². The second-order valence-electron chi connectivity index (χ2n) is 6.69. The van der Waals surface area contributed by atoms with E-state index < -0.39 is 0 Å². The Morgan fingerprint density at radius 3 is 2.71 bits per heavy atom. The van der Waals surface area contributed by atoms with Crippen LogP contribution in [0.15, 0.2) is 24.3 Å². The van der Waals surface area contributed by atoms with Gasteiger partial charge < -0.3 is 10.2 Å². The summed E-state index contributed by atoms with van der Waals surface area (Å²) in [6.45, 7) is 4.36. The van der Waals surface area contributed by atoms with Crippen molar-refractivity contribution in [1.29, 1.82) is 0 Å². The van der Waals surface area contributed by atoms with Gasteiger partial charge in [0.05, 0.1) is 28.5 Å². The molecule has 10 heteroatoms. The fourth-order valence-electron chi connectivity index (χ4n) is 3.38. The minimum absolute atomic E-state index is 0. The third kappa shape index (κ3) is 4.46. The van der Waals surface area contributed by atoms with Crippen molar-refractivity contribution in [3.63, 3.8) is 0 Å². The number of benzene rings is 1. The average molecular weight is 443 g/mol. The quantitative estimate of drug-likeness (QED) is 0.670. The largest absolute Gasteiger partial charge is 0.333 e. The average Bonchev–Trinajstić information content (AvgIpc) is 3.24. The number of hydrogen-bond donors (Lipinski definition) is 1. The molecule has 7 nitrogen and oxygen atoms in total. The Labute approximate surface area is 180 Å². The number of carbonyl (C=O) groups excluding carboxylic acids is 1. The Balaban J connectivity index is 0.00000140. The van der Waals surface area contributed by atoms with Crippen molar-refractivity contribution in [1.82, 2.24) is 30.2 Å². The van der Waals surface area contributed by atoms with Crippen molar-refractivity contribution in [2.45, 2.75) is 32.4 Å². The smallest absolute Gasteiger partial charge is 0.276 e. The molecule has 0 unspecified atom stereocenters. The Morgan fingerprint density at radius 2 is 2.00 bits per heavy atom. The van der Waals surface area contributed by atoms with Gasteiger partial charge in [-0.1, -0.05) is 17.3 Å². The summed E-state index contributed by atoms with van der Waals surface area (Å²) in [5.74, 6) is -0.109. The van der Waals surface area contributed by atoms with Gasteiger partial charge in [0, 0.05) is 7.05 Å². The lowest BCUT2D eigenvalue weighted by Gasteiger charge is -2.23. The van der Waals surface area contributed by atoms with Crippen molar-refractivity contribution in [2.24, 2.45) is 0 Å². The van der Waals surface area contributed by atoms with Crippen LogP contribution in [-0.2, 0) is 6.54 Å². The fourth-order valence-corrected chi connectivity index (χ4v) is 4.40. The third-order valence-corrected chi connectivity index (χ3v) is 5.86. The Kier molecular flexibility index (Phi) is 7.77. The van der Waals surface area contributed by atoms with Gasteiger partial charge in [-0.25, -0.2) is 9.67 Å². The Hall–Kier alpha value is -1.74. The van der Waals surface area contributed by atoms with Gasteiger partial charge in [0.2, 0.25) is 0 Å².